The number of carbonyl (C=O) groups is 1. The third-order valence-electron chi connectivity index (χ3n) is 6.42. The highest BCUT2D eigenvalue weighted by Crippen LogP contribution is 2.45. The summed E-state index contributed by atoms with van der Waals surface area (Å²) in [5, 5.41) is 6.93. The van der Waals surface area contributed by atoms with Crippen LogP contribution in [-0.2, 0) is 9.53 Å². The molecule has 0 saturated heterocycles. The van der Waals surface area contributed by atoms with Gasteiger partial charge in [-0.05, 0) is 72.2 Å². The topological polar surface area (TPSA) is 67.9 Å². The van der Waals surface area contributed by atoms with Gasteiger partial charge in [0.25, 0.3) is 0 Å². The number of rotatable bonds is 7. The average molecular weight is 468 g/mol. The van der Waals surface area contributed by atoms with E-state index in [1.54, 1.807) is 13.0 Å². The van der Waals surface area contributed by atoms with E-state index in [0.29, 0.717) is 29.1 Å². The number of hydrogen-bond donors (Lipinski definition) is 1. The summed E-state index contributed by atoms with van der Waals surface area (Å²) in [6.07, 6.45) is 8.26. The molecule has 2 aromatic carbocycles. The number of nitrogens with zero attached hydrogens (tertiary/aromatic N) is 2. The van der Waals surface area contributed by atoms with Gasteiger partial charge >= 0.3 is 5.97 Å². The van der Waals surface area contributed by atoms with Crippen molar-refractivity contribution in [3.8, 4) is 0 Å². The molecule has 0 atom stereocenters. The Kier molecular flexibility index (Phi) is 6.53. The first kappa shape index (κ1) is 22.7. The van der Waals surface area contributed by atoms with E-state index in [1.807, 2.05) is 54.7 Å². The second-order valence-electron chi connectivity index (χ2n) is 8.61. The van der Waals surface area contributed by atoms with Gasteiger partial charge in [0.1, 0.15) is 0 Å². The molecule has 0 aliphatic heterocycles. The van der Waals surface area contributed by atoms with Crippen LogP contribution in [-0.4, -0.2) is 27.8 Å². The first-order chi connectivity index (χ1) is 17.1. The molecular formula is C29H26FN3O2. The molecule has 1 fully saturated rings. The highest BCUT2D eigenvalue weighted by molar-refractivity contribution is 6.01. The number of fused-ring (bicyclic) bond motifs is 1. The molecule has 2 heterocycles. The van der Waals surface area contributed by atoms with Crippen molar-refractivity contribution in [1.29, 1.82) is 0 Å². The minimum atomic E-state index is -0.510. The van der Waals surface area contributed by atoms with E-state index in [2.05, 4.69) is 27.3 Å². The molecule has 1 N–H and O–H groups in total. The van der Waals surface area contributed by atoms with Gasteiger partial charge in [0, 0.05) is 17.8 Å². The first-order valence-electron chi connectivity index (χ1n) is 11.9. The Hall–Kier alpha value is -4.06. The second-order valence-corrected chi connectivity index (χ2v) is 8.61. The maximum absolute atomic E-state index is 14.4. The van der Waals surface area contributed by atoms with Crippen LogP contribution in [0.15, 0.2) is 72.9 Å². The van der Waals surface area contributed by atoms with Crippen molar-refractivity contribution in [3.63, 3.8) is 0 Å². The molecule has 1 aliphatic carbocycles. The smallest absolute Gasteiger partial charge is 0.330 e. The Balaban J connectivity index is 1.66. The molecule has 0 amide bonds. The van der Waals surface area contributed by atoms with Crippen LogP contribution in [0.2, 0.25) is 0 Å². The fraction of sp³-hybridized carbons (Fsp3) is 0.207. The van der Waals surface area contributed by atoms with Crippen LogP contribution in [0.25, 0.3) is 28.1 Å². The molecule has 0 radical (unpaired) electrons. The van der Waals surface area contributed by atoms with Crippen molar-refractivity contribution in [2.75, 3.05) is 6.61 Å². The van der Waals surface area contributed by atoms with E-state index < -0.39 is 11.9 Å². The molecule has 0 spiro atoms. The summed E-state index contributed by atoms with van der Waals surface area (Å²) in [5.74, 6) is -0.491. The van der Waals surface area contributed by atoms with Crippen LogP contribution in [0.3, 0.4) is 0 Å². The Morgan fingerprint density at radius 2 is 1.89 bits per heavy atom. The number of halogens is 1. The second kappa shape index (κ2) is 10.1. The van der Waals surface area contributed by atoms with Gasteiger partial charge in [0.2, 0.25) is 5.95 Å². The quantitative estimate of drug-likeness (QED) is 0.193. The molecule has 176 valence electrons. The third-order valence-corrected chi connectivity index (χ3v) is 6.42. The summed E-state index contributed by atoms with van der Waals surface area (Å²) in [6.45, 7) is 2.10. The van der Waals surface area contributed by atoms with Crippen LogP contribution >= 0.6 is 0 Å². The highest BCUT2D eigenvalue weighted by Gasteiger charge is 2.27. The number of carbonyl (C=O) groups excluding carboxylic acids is 1. The van der Waals surface area contributed by atoms with Crippen LogP contribution in [0.5, 0.6) is 0 Å². The zero-order valence-corrected chi connectivity index (χ0v) is 19.5. The molecule has 1 saturated carbocycles. The van der Waals surface area contributed by atoms with E-state index >= 15 is 0 Å². The third kappa shape index (κ3) is 4.78. The Morgan fingerprint density at radius 3 is 2.57 bits per heavy atom. The normalized spacial score (nSPS) is 14.7. The Labute approximate surface area is 203 Å². The number of nitrogens with one attached hydrogen (secondary N) is 1. The number of hydrogen-bond acceptors (Lipinski definition) is 4. The largest absolute Gasteiger partial charge is 0.463 e. The van der Waals surface area contributed by atoms with Crippen LogP contribution < -0.4 is 0 Å². The fourth-order valence-corrected chi connectivity index (χ4v) is 4.51. The van der Waals surface area contributed by atoms with Gasteiger partial charge in [-0.2, -0.15) is 4.39 Å². The zero-order chi connectivity index (χ0) is 24.2. The van der Waals surface area contributed by atoms with Crippen molar-refractivity contribution in [3.05, 3.63) is 101 Å². The highest BCUT2D eigenvalue weighted by atomic mass is 19.1. The lowest BCUT2D eigenvalue weighted by molar-refractivity contribution is -0.137. The van der Waals surface area contributed by atoms with E-state index in [9.17, 15) is 9.18 Å². The molecule has 4 aromatic rings. The zero-order valence-electron chi connectivity index (χ0n) is 19.5. The molecule has 2 aromatic heterocycles. The molecule has 0 unspecified atom stereocenters. The summed E-state index contributed by atoms with van der Waals surface area (Å²) >= 11 is 0. The number of aromatic nitrogens is 3. The van der Waals surface area contributed by atoms with Gasteiger partial charge in [0.05, 0.1) is 23.2 Å². The number of H-pyrrole nitrogens is 1. The van der Waals surface area contributed by atoms with Crippen molar-refractivity contribution >= 4 is 34.1 Å². The lowest BCUT2D eigenvalue weighted by Crippen LogP contribution is -2.15. The van der Waals surface area contributed by atoms with Crippen molar-refractivity contribution in [2.24, 2.45) is 5.92 Å². The maximum atomic E-state index is 14.4. The van der Waals surface area contributed by atoms with Crippen LogP contribution in [0.1, 0.15) is 48.6 Å². The van der Waals surface area contributed by atoms with Gasteiger partial charge in [0.15, 0.2) is 0 Å². The number of ether oxygens (including phenoxy) is 1. The summed E-state index contributed by atoms with van der Waals surface area (Å²) < 4.78 is 19.3. The summed E-state index contributed by atoms with van der Waals surface area (Å²) in [6, 6.07) is 20.0. The number of esters is 1. The Morgan fingerprint density at radius 1 is 1.09 bits per heavy atom. The van der Waals surface area contributed by atoms with Gasteiger partial charge in [-0.25, -0.2) is 4.79 Å². The molecular weight excluding hydrogens is 441 g/mol. The standard InChI is InChI=1S/C29H26FN3O2/c1-2-35-26(34)16-14-23-13-11-22(18-31-23)28(21-12-15-25-24(17-21)29(30)33-32-25)27(20-9-6-10-20)19-7-4-3-5-8-19/h3-5,7-8,11-18,20H,2,6,9-10H2,1H3,(H,32,33)/b16-14?,28-27-. The number of pyridine rings is 1. The predicted molar refractivity (Wildman–Crippen MR) is 136 cm³/mol. The number of allylic oxidation sites excluding steroid dienone is 1. The Bertz CT molecular complexity index is 1400. The SMILES string of the molecule is CCOC(=O)C=Cc1ccc(/C(=C(/c2ccccc2)C2CCC2)c2ccc3[nH]nc(F)c3c2)cn1. The molecule has 5 nitrogen and oxygen atoms in total. The average Bonchev–Trinajstić information content (AvgIpc) is 3.23. The summed E-state index contributed by atoms with van der Waals surface area (Å²) in [7, 11) is 0. The van der Waals surface area contributed by atoms with E-state index in [-0.39, 0.29) is 0 Å². The van der Waals surface area contributed by atoms with Crippen molar-refractivity contribution in [1.82, 2.24) is 15.2 Å². The van der Waals surface area contributed by atoms with Crippen LogP contribution in [0, 0.1) is 11.9 Å². The van der Waals surface area contributed by atoms with Crippen molar-refractivity contribution < 1.29 is 13.9 Å². The summed E-state index contributed by atoms with van der Waals surface area (Å²) in [4.78, 5) is 16.3. The maximum Gasteiger partial charge on any atom is 0.330 e. The van der Waals surface area contributed by atoms with Crippen molar-refractivity contribution in [2.45, 2.75) is 26.2 Å². The van der Waals surface area contributed by atoms with Gasteiger partial charge in [-0.1, -0.05) is 48.9 Å². The summed E-state index contributed by atoms with van der Waals surface area (Å²) in [5.41, 5.74) is 6.61. The lowest BCUT2D eigenvalue weighted by atomic mass is 9.73. The minimum Gasteiger partial charge on any atom is -0.463 e. The first-order valence-corrected chi connectivity index (χ1v) is 11.9. The molecule has 6 heteroatoms. The number of aromatic amines is 1. The van der Waals surface area contributed by atoms with E-state index in [4.69, 9.17) is 4.74 Å². The molecule has 5 rings (SSSR count). The molecule has 0 bridgehead atoms. The van der Waals surface area contributed by atoms with Crippen LogP contribution in [0.4, 0.5) is 4.39 Å². The molecule has 35 heavy (non-hydrogen) atoms. The fourth-order valence-electron chi connectivity index (χ4n) is 4.51. The molecule has 1 aliphatic rings. The van der Waals surface area contributed by atoms with Gasteiger partial charge in [-0.15, -0.1) is 5.10 Å². The van der Waals surface area contributed by atoms with Gasteiger partial charge in [-0.3, -0.25) is 10.1 Å². The predicted octanol–water partition coefficient (Wildman–Crippen LogP) is 6.43. The van der Waals surface area contributed by atoms with Gasteiger partial charge < -0.3 is 4.74 Å². The lowest BCUT2D eigenvalue weighted by Gasteiger charge is -2.31. The monoisotopic (exact) mass is 467 g/mol. The van der Waals surface area contributed by atoms with E-state index in [1.165, 1.54) is 18.1 Å². The number of benzene rings is 2. The minimum absolute atomic E-state index is 0.328. The van der Waals surface area contributed by atoms with E-state index in [0.717, 1.165) is 35.1 Å².